The summed E-state index contributed by atoms with van der Waals surface area (Å²) in [5.41, 5.74) is 0.932. The van der Waals surface area contributed by atoms with Crippen LogP contribution >= 0.6 is 11.3 Å². The molecule has 0 fully saturated rings. The van der Waals surface area contributed by atoms with Crippen LogP contribution in [0.5, 0.6) is 0 Å². The van der Waals surface area contributed by atoms with Gasteiger partial charge in [0.2, 0.25) is 0 Å². The number of carbonyl (C=O) groups excluding carboxylic acids is 1. The van der Waals surface area contributed by atoms with Crippen molar-refractivity contribution in [1.29, 1.82) is 0 Å². The first-order valence-electron chi connectivity index (χ1n) is 8.13. The molecule has 144 valence electrons. The second kappa shape index (κ2) is 8.09. The Balaban J connectivity index is 1.80. The molecule has 3 rings (SSSR count). The molecule has 0 aliphatic rings. The molecule has 0 atom stereocenters. The number of aromatic nitrogens is 1. The van der Waals surface area contributed by atoms with E-state index in [1.807, 2.05) is 0 Å². The number of nitrogens with zero attached hydrogens (tertiary/aromatic N) is 2. The minimum absolute atomic E-state index is 0.0953. The zero-order valence-electron chi connectivity index (χ0n) is 14.5. The third-order valence-electron chi connectivity index (χ3n) is 3.76. The molecule has 0 aliphatic heterocycles. The molecule has 0 saturated heterocycles. The van der Waals surface area contributed by atoms with Gasteiger partial charge in [-0.3, -0.25) is 20.2 Å². The molecule has 7 nitrogen and oxygen atoms in total. The van der Waals surface area contributed by atoms with Crippen LogP contribution in [-0.2, 0) is 0 Å². The minimum atomic E-state index is -0.996. The van der Waals surface area contributed by atoms with Crippen molar-refractivity contribution in [3.05, 3.63) is 69.1 Å². The number of amides is 1. The minimum Gasteiger partial charge on any atom is -0.380 e. The van der Waals surface area contributed by atoms with Gasteiger partial charge in [-0.1, -0.05) is 0 Å². The molecule has 0 aliphatic carbocycles. The summed E-state index contributed by atoms with van der Waals surface area (Å²) in [6.45, 7) is 2.30. The van der Waals surface area contributed by atoms with Gasteiger partial charge in [0.1, 0.15) is 5.69 Å². The Morgan fingerprint density at radius 3 is 2.68 bits per heavy atom. The zero-order chi connectivity index (χ0) is 20.3. The van der Waals surface area contributed by atoms with E-state index in [1.54, 1.807) is 12.3 Å². The van der Waals surface area contributed by atoms with Crippen molar-refractivity contribution in [2.24, 2.45) is 0 Å². The van der Waals surface area contributed by atoms with E-state index in [1.165, 1.54) is 24.3 Å². The fraction of sp³-hybridized carbons (Fsp3) is 0.111. The molecule has 10 heteroatoms. The first kappa shape index (κ1) is 19.4. The van der Waals surface area contributed by atoms with Gasteiger partial charge in [-0.15, -0.1) is 11.3 Å². The first-order chi connectivity index (χ1) is 13.4. The maximum absolute atomic E-state index is 13.4. The summed E-state index contributed by atoms with van der Waals surface area (Å²) >= 11 is 1.09. The topological polar surface area (TPSA) is 97.2 Å². The second-order valence-corrected chi connectivity index (χ2v) is 6.50. The van der Waals surface area contributed by atoms with Crippen LogP contribution in [0.2, 0.25) is 0 Å². The molecular weight excluding hydrogens is 390 g/mol. The van der Waals surface area contributed by atoms with Crippen LogP contribution in [0, 0.1) is 21.7 Å². The lowest BCUT2D eigenvalue weighted by atomic mass is 10.1. The van der Waals surface area contributed by atoms with Crippen LogP contribution < -0.4 is 10.6 Å². The van der Waals surface area contributed by atoms with E-state index < -0.39 is 22.5 Å². The highest BCUT2D eigenvalue weighted by atomic mass is 32.1. The lowest BCUT2D eigenvalue weighted by Crippen LogP contribution is -2.12. The molecule has 0 bridgehead atoms. The van der Waals surface area contributed by atoms with Gasteiger partial charge in [0, 0.05) is 29.1 Å². The SMILES string of the molecule is CCNc1ccc(C(=O)Nc2nc(-c3ccc(F)c(F)c3)cs2)cc1[N+](=O)[O-]. The zero-order valence-corrected chi connectivity index (χ0v) is 15.3. The molecule has 3 aromatic rings. The third kappa shape index (κ3) is 4.12. The summed E-state index contributed by atoms with van der Waals surface area (Å²) in [6, 6.07) is 7.49. The van der Waals surface area contributed by atoms with Crippen LogP contribution in [0.1, 0.15) is 17.3 Å². The van der Waals surface area contributed by atoms with Crippen molar-refractivity contribution in [2.45, 2.75) is 6.92 Å². The average Bonchev–Trinajstić information content (AvgIpc) is 3.12. The smallest absolute Gasteiger partial charge is 0.293 e. The highest BCUT2D eigenvalue weighted by molar-refractivity contribution is 7.14. The average molecular weight is 404 g/mol. The highest BCUT2D eigenvalue weighted by Gasteiger charge is 2.18. The maximum atomic E-state index is 13.4. The van der Waals surface area contributed by atoms with Gasteiger partial charge in [0.15, 0.2) is 16.8 Å². The van der Waals surface area contributed by atoms with Crippen LogP contribution in [-0.4, -0.2) is 22.4 Å². The number of rotatable bonds is 6. The summed E-state index contributed by atoms with van der Waals surface area (Å²) < 4.78 is 26.4. The molecule has 2 N–H and O–H groups in total. The Bertz CT molecular complexity index is 1060. The number of halogens is 2. The van der Waals surface area contributed by atoms with Crippen molar-refractivity contribution in [3.8, 4) is 11.3 Å². The highest BCUT2D eigenvalue weighted by Crippen LogP contribution is 2.28. The lowest BCUT2D eigenvalue weighted by molar-refractivity contribution is -0.384. The maximum Gasteiger partial charge on any atom is 0.293 e. The predicted octanol–water partition coefficient (Wildman–Crippen LogP) is 4.68. The van der Waals surface area contributed by atoms with Gasteiger partial charge in [0.05, 0.1) is 10.6 Å². The van der Waals surface area contributed by atoms with E-state index in [0.29, 0.717) is 23.5 Å². The molecule has 0 saturated carbocycles. The number of carbonyl (C=O) groups is 1. The molecular formula is C18H14F2N4O3S. The Morgan fingerprint density at radius 1 is 1.21 bits per heavy atom. The Morgan fingerprint density at radius 2 is 2.00 bits per heavy atom. The summed E-state index contributed by atoms with van der Waals surface area (Å²) in [7, 11) is 0. The van der Waals surface area contributed by atoms with Crippen LogP contribution in [0.4, 0.5) is 25.3 Å². The summed E-state index contributed by atoms with van der Waals surface area (Å²) in [5.74, 6) is -2.53. The summed E-state index contributed by atoms with van der Waals surface area (Å²) in [5, 5.41) is 18.4. The van der Waals surface area contributed by atoms with Crippen molar-refractivity contribution in [3.63, 3.8) is 0 Å². The molecule has 28 heavy (non-hydrogen) atoms. The second-order valence-electron chi connectivity index (χ2n) is 5.64. The van der Waals surface area contributed by atoms with Crippen LogP contribution in [0.25, 0.3) is 11.3 Å². The standard InChI is InChI=1S/C18H14F2N4O3S/c1-2-21-14-6-4-11(8-16(14)24(26)27)17(25)23-18-22-15(9-28-18)10-3-5-12(19)13(20)7-10/h3-9,21H,2H2,1H3,(H,22,23,25). The number of hydrogen-bond donors (Lipinski definition) is 2. The molecule has 0 unspecified atom stereocenters. The van der Waals surface area contributed by atoms with Crippen molar-refractivity contribution < 1.29 is 18.5 Å². The van der Waals surface area contributed by atoms with Gasteiger partial charge in [-0.05, 0) is 37.3 Å². The molecule has 0 radical (unpaired) electrons. The van der Waals surface area contributed by atoms with E-state index in [4.69, 9.17) is 0 Å². The van der Waals surface area contributed by atoms with E-state index in [-0.39, 0.29) is 16.4 Å². The molecule has 1 amide bonds. The summed E-state index contributed by atoms with van der Waals surface area (Å²) in [6.07, 6.45) is 0. The lowest BCUT2D eigenvalue weighted by Gasteiger charge is -2.07. The number of nitro benzene ring substituents is 1. The number of hydrogen-bond acceptors (Lipinski definition) is 6. The Labute approximate surface area is 162 Å². The monoisotopic (exact) mass is 404 g/mol. The van der Waals surface area contributed by atoms with Crippen molar-refractivity contribution in [1.82, 2.24) is 4.98 Å². The van der Waals surface area contributed by atoms with Gasteiger partial charge in [-0.25, -0.2) is 13.8 Å². The first-order valence-corrected chi connectivity index (χ1v) is 9.01. The normalized spacial score (nSPS) is 10.5. The predicted molar refractivity (Wildman–Crippen MR) is 103 cm³/mol. The van der Waals surface area contributed by atoms with Crippen molar-refractivity contribution >= 4 is 33.8 Å². The van der Waals surface area contributed by atoms with Gasteiger partial charge in [-0.2, -0.15) is 0 Å². The summed E-state index contributed by atoms with van der Waals surface area (Å²) in [4.78, 5) is 27.2. The van der Waals surface area contributed by atoms with Crippen LogP contribution in [0.15, 0.2) is 41.8 Å². The Hall–Kier alpha value is -3.40. The number of nitro groups is 1. The van der Waals surface area contributed by atoms with E-state index in [2.05, 4.69) is 15.6 Å². The van der Waals surface area contributed by atoms with E-state index in [9.17, 15) is 23.7 Å². The van der Waals surface area contributed by atoms with E-state index >= 15 is 0 Å². The quantitative estimate of drug-likeness (QED) is 0.459. The molecule has 1 aromatic heterocycles. The fourth-order valence-electron chi connectivity index (χ4n) is 2.45. The molecule has 0 spiro atoms. The van der Waals surface area contributed by atoms with Gasteiger partial charge >= 0.3 is 0 Å². The third-order valence-corrected chi connectivity index (χ3v) is 4.52. The molecule has 1 heterocycles. The van der Waals surface area contributed by atoms with E-state index in [0.717, 1.165) is 23.5 Å². The fourth-order valence-corrected chi connectivity index (χ4v) is 3.17. The number of anilines is 2. The van der Waals surface area contributed by atoms with Gasteiger partial charge < -0.3 is 5.32 Å². The van der Waals surface area contributed by atoms with Crippen LogP contribution in [0.3, 0.4) is 0 Å². The number of benzene rings is 2. The largest absolute Gasteiger partial charge is 0.380 e. The number of nitrogens with one attached hydrogen (secondary N) is 2. The van der Waals surface area contributed by atoms with Gasteiger partial charge in [0.25, 0.3) is 11.6 Å². The Kier molecular flexibility index (Phi) is 5.59. The van der Waals surface area contributed by atoms with Crippen molar-refractivity contribution in [2.75, 3.05) is 17.2 Å². The molecule has 2 aromatic carbocycles. The number of thiazole rings is 1.